The maximum atomic E-state index is 12.9. The number of carbonyl (C=O) groups is 1. The van der Waals surface area contributed by atoms with Gasteiger partial charge in [0.2, 0.25) is 0 Å². The fourth-order valence-electron chi connectivity index (χ4n) is 4.62. The first-order valence-electron chi connectivity index (χ1n) is 12.5. The number of aromatic nitrogens is 2. The quantitative estimate of drug-likeness (QED) is 0.395. The van der Waals surface area contributed by atoms with Crippen molar-refractivity contribution in [2.45, 2.75) is 19.8 Å². The summed E-state index contributed by atoms with van der Waals surface area (Å²) in [6, 6.07) is 30.2. The Morgan fingerprint density at radius 2 is 1.47 bits per heavy atom. The molecule has 0 radical (unpaired) electrons. The zero-order valence-electron chi connectivity index (χ0n) is 20.6. The lowest BCUT2D eigenvalue weighted by Gasteiger charge is -2.26. The number of para-hydroxylation sites is 1. The third-order valence-electron chi connectivity index (χ3n) is 6.56. The number of nitrogens with one attached hydrogen (secondary N) is 1. The zero-order valence-corrected chi connectivity index (χ0v) is 20.6. The summed E-state index contributed by atoms with van der Waals surface area (Å²) in [5.74, 6) is 1.71. The molecule has 2 heterocycles. The highest BCUT2D eigenvalue weighted by Crippen LogP contribution is 2.28. The summed E-state index contributed by atoms with van der Waals surface area (Å²) in [5, 5.41) is 3.02. The minimum Gasteiger partial charge on any atom is -0.354 e. The fraction of sp³-hybridized carbons (Fsp3) is 0.233. The van der Waals surface area contributed by atoms with E-state index in [0.29, 0.717) is 19.6 Å². The maximum absolute atomic E-state index is 12.9. The highest BCUT2D eigenvalue weighted by Gasteiger charge is 2.24. The van der Waals surface area contributed by atoms with Gasteiger partial charge in [-0.05, 0) is 31.0 Å². The van der Waals surface area contributed by atoms with Crippen LogP contribution in [-0.4, -0.2) is 47.1 Å². The van der Waals surface area contributed by atoms with Gasteiger partial charge in [-0.25, -0.2) is 14.8 Å². The molecule has 1 aliphatic rings. The molecule has 0 unspecified atom stereocenters. The minimum atomic E-state index is -0.0589. The van der Waals surface area contributed by atoms with E-state index in [1.54, 1.807) is 0 Å². The maximum Gasteiger partial charge on any atom is 0.321 e. The molecule has 0 bridgehead atoms. The van der Waals surface area contributed by atoms with E-state index in [1.165, 1.54) is 5.56 Å². The molecule has 1 N–H and O–H groups in total. The molecule has 0 spiro atoms. The number of nitrogens with zero attached hydrogens (tertiary/aromatic N) is 4. The van der Waals surface area contributed by atoms with Gasteiger partial charge in [0.1, 0.15) is 5.82 Å². The van der Waals surface area contributed by atoms with E-state index in [9.17, 15) is 4.79 Å². The van der Waals surface area contributed by atoms with Gasteiger partial charge in [0, 0.05) is 55.1 Å². The van der Waals surface area contributed by atoms with Crippen LogP contribution in [0.1, 0.15) is 23.2 Å². The summed E-state index contributed by atoms with van der Waals surface area (Å²) >= 11 is 0. The van der Waals surface area contributed by atoms with Gasteiger partial charge in [-0.1, -0.05) is 78.9 Å². The normalized spacial score (nSPS) is 13.8. The molecule has 4 aromatic rings. The second-order valence-electron chi connectivity index (χ2n) is 9.09. The molecule has 182 valence electrons. The molecule has 5 rings (SSSR count). The minimum absolute atomic E-state index is 0.0589. The molecule has 3 aromatic carbocycles. The van der Waals surface area contributed by atoms with Crippen molar-refractivity contribution in [3.63, 3.8) is 0 Å². The van der Waals surface area contributed by atoms with Gasteiger partial charge in [0.05, 0.1) is 0 Å². The second-order valence-corrected chi connectivity index (χ2v) is 9.09. The number of aryl methyl sites for hydroxylation is 1. The summed E-state index contributed by atoms with van der Waals surface area (Å²) in [5.41, 5.74) is 5.18. The van der Waals surface area contributed by atoms with Gasteiger partial charge in [0.15, 0.2) is 5.82 Å². The largest absolute Gasteiger partial charge is 0.354 e. The van der Waals surface area contributed by atoms with Gasteiger partial charge in [0.25, 0.3) is 0 Å². The van der Waals surface area contributed by atoms with Crippen LogP contribution in [0, 0.1) is 6.92 Å². The monoisotopic (exact) mass is 477 g/mol. The zero-order chi connectivity index (χ0) is 24.7. The smallest absolute Gasteiger partial charge is 0.321 e. The van der Waals surface area contributed by atoms with Gasteiger partial charge in [-0.15, -0.1) is 0 Å². The van der Waals surface area contributed by atoms with Crippen LogP contribution in [-0.2, 0) is 6.42 Å². The van der Waals surface area contributed by atoms with Crippen LogP contribution < -0.4 is 10.2 Å². The Kier molecular flexibility index (Phi) is 7.22. The molecular formula is C30H31N5O. The number of hydrogen-bond acceptors (Lipinski definition) is 4. The van der Waals surface area contributed by atoms with E-state index < -0.39 is 0 Å². The van der Waals surface area contributed by atoms with Gasteiger partial charge in [-0.3, -0.25) is 0 Å². The van der Waals surface area contributed by atoms with Crippen LogP contribution in [0.25, 0.3) is 11.4 Å². The molecule has 36 heavy (non-hydrogen) atoms. The Hall–Kier alpha value is -4.19. The molecule has 0 saturated carbocycles. The van der Waals surface area contributed by atoms with Gasteiger partial charge < -0.3 is 15.1 Å². The van der Waals surface area contributed by atoms with Crippen LogP contribution in [0.5, 0.6) is 0 Å². The lowest BCUT2D eigenvalue weighted by molar-refractivity contribution is 0.215. The molecule has 1 saturated heterocycles. The van der Waals surface area contributed by atoms with Gasteiger partial charge in [-0.2, -0.15) is 0 Å². The summed E-state index contributed by atoms with van der Waals surface area (Å²) in [6.07, 6.45) is 1.64. The molecule has 6 heteroatoms. The Morgan fingerprint density at radius 3 is 2.19 bits per heavy atom. The second kappa shape index (κ2) is 11.0. The molecule has 1 fully saturated rings. The molecule has 0 aliphatic carbocycles. The number of amides is 2. The number of rotatable bonds is 5. The van der Waals surface area contributed by atoms with E-state index >= 15 is 0 Å². The number of benzene rings is 3. The third-order valence-corrected chi connectivity index (χ3v) is 6.56. The molecule has 1 aliphatic heterocycles. The summed E-state index contributed by atoms with van der Waals surface area (Å²) in [6.45, 7) is 4.97. The van der Waals surface area contributed by atoms with Crippen molar-refractivity contribution in [3.8, 4) is 11.4 Å². The Morgan fingerprint density at radius 1 is 0.806 bits per heavy atom. The molecular weight excluding hydrogens is 446 g/mol. The number of urea groups is 1. The number of anilines is 2. The molecule has 2 amide bonds. The third kappa shape index (κ3) is 5.54. The molecule has 0 atom stereocenters. The Bertz CT molecular complexity index is 1300. The van der Waals surface area contributed by atoms with E-state index in [4.69, 9.17) is 9.97 Å². The summed E-state index contributed by atoms with van der Waals surface area (Å²) < 4.78 is 0. The Labute approximate surface area is 212 Å². The predicted octanol–water partition coefficient (Wildman–Crippen LogP) is 5.79. The summed E-state index contributed by atoms with van der Waals surface area (Å²) in [7, 11) is 0. The average Bonchev–Trinajstić information content (AvgIpc) is 3.18. The average molecular weight is 478 g/mol. The van der Waals surface area contributed by atoms with E-state index in [-0.39, 0.29) is 6.03 Å². The standard InChI is InChI=1S/C30H31N5O/c1-23-27(22-24-12-5-2-6-13-24)29(33-28(31-23)25-14-7-3-8-15-25)34-18-11-19-35(21-20-34)30(36)32-26-16-9-4-10-17-26/h2-10,12-17H,11,18-22H2,1H3,(H,32,36). The van der Waals surface area contributed by atoms with Crippen molar-refractivity contribution in [1.82, 2.24) is 14.9 Å². The number of hydrogen-bond donors (Lipinski definition) is 1. The van der Waals surface area contributed by atoms with Crippen molar-refractivity contribution in [2.75, 3.05) is 36.4 Å². The van der Waals surface area contributed by atoms with Crippen molar-refractivity contribution in [2.24, 2.45) is 0 Å². The predicted molar refractivity (Wildman–Crippen MR) is 145 cm³/mol. The van der Waals surface area contributed by atoms with Crippen LogP contribution in [0.15, 0.2) is 91.0 Å². The van der Waals surface area contributed by atoms with Crippen LogP contribution in [0.4, 0.5) is 16.3 Å². The first-order chi connectivity index (χ1) is 17.7. The van der Waals surface area contributed by atoms with Crippen LogP contribution >= 0.6 is 0 Å². The SMILES string of the molecule is Cc1nc(-c2ccccc2)nc(N2CCCN(C(=O)Nc3ccccc3)CC2)c1Cc1ccccc1. The van der Waals surface area contributed by atoms with Crippen molar-refractivity contribution in [3.05, 3.63) is 108 Å². The van der Waals surface area contributed by atoms with Crippen molar-refractivity contribution in [1.29, 1.82) is 0 Å². The topological polar surface area (TPSA) is 61.4 Å². The molecule has 1 aromatic heterocycles. The lowest BCUT2D eigenvalue weighted by atomic mass is 10.0. The highest BCUT2D eigenvalue weighted by molar-refractivity contribution is 5.89. The first-order valence-corrected chi connectivity index (χ1v) is 12.5. The lowest BCUT2D eigenvalue weighted by Crippen LogP contribution is -2.38. The summed E-state index contributed by atoms with van der Waals surface area (Å²) in [4.78, 5) is 27.2. The first kappa shape index (κ1) is 23.5. The highest BCUT2D eigenvalue weighted by atomic mass is 16.2. The van der Waals surface area contributed by atoms with Crippen LogP contribution in [0.3, 0.4) is 0 Å². The Balaban J connectivity index is 1.42. The fourth-order valence-corrected chi connectivity index (χ4v) is 4.62. The van der Waals surface area contributed by atoms with Crippen LogP contribution in [0.2, 0.25) is 0 Å². The molecule has 6 nitrogen and oxygen atoms in total. The van der Waals surface area contributed by atoms with E-state index in [1.807, 2.05) is 71.6 Å². The van der Waals surface area contributed by atoms with Crippen molar-refractivity contribution >= 4 is 17.5 Å². The van der Waals surface area contributed by atoms with Crippen molar-refractivity contribution < 1.29 is 4.79 Å². The van der Waals surface area contributed by atoms with Gasteiger partial charge >= 0.3 is 6.03 Å². The van der Waals surface area contributed by atoms with E-state index in [2.05, 4.69) is 41.4 Å². The number of carbonyl (C=O) groups excluding carboxylic acids is 1. The van der Waals surface area contributed by atoms with E-state index in [0.717, 1.165) is 53.5 Å².